The zero-order valence-corrected chi connectivity index (χ0v) is 9.14. The summed E-state index contributed by atoms with van der Waals surface area (Å²) in [6.45, 7) is 0. The van der Waals surface area contributed by atoms with Gasteiger partial charge in [0.1, 0.15) is 0 Å². The molecule has 0 fully saturated rings. The van der Waals surface area contributed by atoms with Crippen LogP contribution in [-0.4, -0.2) is 25.3 Å². The molecule has 0 aliphatic carbocycles. The van der Waals surface area contributed by atoms with Crippen molar-refractivity contribution in [2.24, 2.45) is 0 Å². The molecule has 0 bridgehead atoms. The van der Waals surface area contributed by atoms with E-state index in [1.807, 2.05) is 19.0 Å². The van der Waals surface area contributed by atoms with Crippen molar-refractivity contribution < 1.29 is 0 Å². The van der Waals surface area contributed by atoms with E-state index in [1.54, 1.807) is 11.8 Å². The predicted molar refractivity (Wildman–Crippen MR) is 60.9 cm³/mol. The van der Waals surface area contributed by atoms with Crippen LogP contribution in [0.3, 0.4) is 0 Å². The molecule has 0 amide bonds. The van der Waals surface area contributed by atoms with Gasteiger partial charge in [-0.3, -0.25) is 0 Å². The van der Waals surface area contributed by atoms with Crippen LogP contribution in [0.25, 0.3) is 6.08 Å². The average Bonchev–Trinajstić information content (AvgIpc) is 2.15. The van der Waals surface area contributed by atoms with E-state index in [2.05, 4.69) is 42.8 Å². The molecule has 0 spiro atoms. The summed E-state index contributed by atoms with van der Waals surface area (Å²) in [6.07, 6.45) is 6.29. The largest absolute Gasteiger partial charge is 0.383 e. The zero-order valence-electron chi connectivity index (χ0n) is 8.32. The molecule has 1 rings (SSSR count). The first-order chi connectivity index (χ1) is 6.24. The van der Waals surface area contributed by atoms with Gasteiger partial charge in [-0.1, -0.05) is 18.2 Å². The lowest BCUT2D eigenvalue weighted by Gasteiger charge is -2.05. The summed E-state index contributed by atoms with van der Waals surface area (Å²) in [5, 5.41) is 0. The molecule has 13 heavy (non-hydrogen) atoms. The Morgan fingerprint density at radius 1 is 1.23 bits per heavy atom. The quantitative estimate of drug-likeness (QED) is 0.679. The van der Waals surface area contributed by atoms with Gasteiger partial charge in [-0.05, 0) is 30.2 Å². The summed E-state index contributed by atoms with van der Waals surface area (Å²) < 4.78 is 0. The van der Waals surface area contributed by atoms with Crippen LogP contribution >= 0.6 is 11.8 Å². The predicted octanol–water partition coefficient (Wildman–Crippen LogP) is 2.94. The number of hydrogen-bond donors (Lipinski definition) is 0. The van der Waals surface area contributed by atoms with Gasteiger partial charge in [-0.15, -0.1) is 11.8 Å². The van der Waals surface area contributed by atoms with Gasteiger partial charge >= 0.3 is 0 Å². The van der Waals surface area contributed by atoms with E-state index in [0.29, 0.717) is 0 Å². The smallest absolute Gasteiger partial charge is 0.0142 e. The van der Waals surface area contributed by atoms with Crippen molar-refractivity contribution in [2.75, 3.05) is 20.4 Å². The fourth-order valence-electron chi connectivity index (χ4n) is 1.03. The lowest BCUT2D eigenvalue weighted by molar-refractivity contribution is 0.567. The van der Waals surface area contributed by atoms with Gasteiger partial charge in [0.2, 0.25) is 0 Å². The third-order valence-electron chi connectivity index (χ3n) is 1.69. The number of thioether (sulfide) groups is 1. The van der Waals surface area contributed by atoms with Crippen LogP contribution in [0.5, 0.6) is 0 Å². The highest BCUT2D eigenvalue weighted by molar-refractivity contribution is 7.98. The minimum Gasteiger partial charge on any atom is -0.383 e. The van der Waals surface area contributed by atoms with Gasteiger partial charge in [0.05, 0.1) is 0 Å². The molecule has 0 aliphatic rings. The third-order valence-corrected chi connectivity index (χ3v) is 2.50. The van der Waals surface area contributed by atoms with E-state index in [1.165, 1.54) is 10.5 Å². The van der Waals surface area contributed by atoms with E-state index in [4.69, 9.17) is 0 Å². The van der Waals surface area contributed by atoms with Crippen LogP contribution in [-0.2, 0) is 0 Å². The van der Waals surface area contributed by atoms with E-state index in [9.17, 15) is 0 Å². The van der Waals surface area contributed by atoms with Gasteiger partial charge < -0.3 is 4.90 Å². The summed E-state index contributed by atoms with van der Waals surface area (Å²) in [5.41, 5.74) is 1.28. The third kappa shape index (κ3) is 3.15. The zero-order chi connectivity index (χ0) is 9.68. The first-order valence-corrected chi connectivity index (χ1v) is 5.44. The molecule has 1 aromatic carbocycles. The summed E-state index contributed by atoms with van der Waals surface area (Å²) in [6, 6.07) is 8.40. The number of rotatable bonds is 3. The maximum absolute atomic E-state index is 2.14. The highest BCUT2D eigenvalue weighted by Crippen LogP contribution is 2.20. The molecule has 1 aromatic rings. The number of benzene rings is 1. The van der Waals surface area contributed by atoms with Crippen molar-refractivity contribution in [1.29, 1.82) is 0 Å². The van der Waals surface area contributed by atoms with Crippen LogP contribution in [0.4, 0.5) is 0 Å². The Labute approximate surface area is 84.4 Å². The minimum absolute atomic E-state index is 1.28. The van der Waals surface area contributed by atoms with Crippen molar-refractivity contribution in [2.45, 2.75) is 4.90 Å². The molecular weight excluding hydrogens is 178 g/mol. The van der Waals surface area contributed by atoms with Crippen molar-refractivity contribution in [3.05, 3.63) is 36.0 Å². The summed E-state index contributed by atoms with van der Waals surface area (Å²) in [7, 11) is 4.05. The van der Waals surface area contributed by atoms with Crippen LogP contribution < -0.4 is 0 Å². The Bertz CT molecular complexity index is 292. The van der Waals surface area contributed by atoms with Gasteiger partial charge in [0.15, 0.2) is 0 Å². The monoisotopic (exact) mass is 193 g/mol. The highest BCUT2D eigenvalue weighted by atomic mass is 32.2. The summed E-state index contributed by atoms with van der Waals surface area (Å²) >= 11 is 1.78. The Balaban J connectivity index is 2.87. The fourth-order valence-corrected chi connectivity index (χ4v) is 1.62. The van der Waals surface area contributed by atoms with E-state index in [0.717, 1.165) is 0 Å². The molecule has 0 saturated carbocycles. The second-order valence-electron chi connectivity index (χ2n) is 3.02. The lowest BCUT2D eigenvalue weighted by atomic mass is 10.2. The summed E-state index contributed by atoms with van der Waals surface area (Å²) in [5.74, 6) is 0. The van der Waals surface area contributed by atoms with E-state index >= 15 is 0 Å². The molecule has 0 N–H and O–H groups in total. The average molecular weight is 193 g/mol. The van der Waals surface area contributed by atoms with Crippen molar-refractivity contribution in [1.82, 2.24) is 4.90 Å². The first-order valence-electron chi connectivity index (χ1n) is 4.21. The maximum Gasteiger partial charge on any atom is 0.0142 e. The Hall–Kier alpha value is -0.890. The van der Waals surface area contributed by atoms with E-state index in [-0.39, 0.29) is 0 Å². The molecule has 0 saturated heterocycles. The van der Waals surface area contributed by atoms with Crippen LogP contribution in [0.1, 0.15) is 5.56 Å². The molecule has 0 aliphatic heterocycles. The molecule has 0 atom stereocenters. The SMILES string of the molecule is CSc1ccccc1C=CN(C)C. The molecule has 0 heterocycles. The topological polar surface area (TPSA) is 3.24 Å². The Kier molecular flexibility index (Phi) is 3.90. The van der Waals surface area contributed by atoms with Gasteiger partial charge in [0.25, 0.3) is 0 Å². The van der Waals surface area contributed by atoms with Crippen LogP contribution in [0.2, 0.25) is 0 Å². The second-order valence-corrected chi connectivity index (χ2v) is 3.87. The Morgan fingerprint density at radius 2 is 1.92 bits per heavy atom. The van der Waals surface area contributed by atoms with Crippen LogP contribution in [0, 0.1) is 0 Å². The number of hydrogen-bond acceptors (Lipinski definition) is 2. The summed E-state index contributed by atoms with van der Waals surface area (Å²) in [4.78, 5) is 3.36. The highest BCUT2D eigenvalue weighted by Gasteiger charge is 1.94. The van der Waals surface area contributed by atoms with Gasteiger partial charge in [0, 0.05) is 19.0 Å². The van der Waals surface area contributed by atoms with Gasteiger partial charge in [-0.2, -0.15) is 0 Å². The first kappa shape index (κ1) is 10.2. The lowest BCUT2D eigenvalue weighted by Crippen LogP contribution is -1.99. The maximum atomic E-state index is 2.14. The van der Waals surface area contributed by atoms with Crippen LogP contribution in [0.15, 0.2) is 35.4 Å². The molecular formula is C11H15NS. The molecule has 0 radical (unpaired) electrons. The van der Waals surface area contributed by atoms with Crippen molar-refractivity contribution >= 4 is 17.8 Å². The number of nitrogens with zero attached hydrogens (tertiary/aromatic N) is 1. The van der Waals surface area contributed by atoms with Crippen molar-refractivity contribution in [3.63, 3.8) is 0 Å². The standard InChI is InChI=1S/C11H15NS/c1-12(2)9-8-10-6-4-5-7-11(10)13-3/h4-9H,1-3H3. The normalized spacial score (nSPS) is 10.7. The molecule has 1 nitrogen and oxygen atoms in total. The van der Waals surface area contributed by atoms with Crippen molar-refractivity contribution in [3.8, 4) is 0 Å². The van der Waals surface area contributed by atoms with Gasteiger partial charge in [-0.25, -0.2) is 0 Å². The second kappa shape index (κ2) is 4.97. The minimum atomic E-state index is 1.28. The fraction of sp³-hybridized carbons (Fsp3) is 0.273. The molecule has 70 valence electrons. The molecule has 0 aromatic heterocycles. The molecule has 2 heteroatoms. The molecule has 0 unspecified atom stereocenters. The van der Waals surface area contributed by atoms with E-state index < -0.39 is 0 Å². The Morgan fingerprint density at radius 3 is 2.54 bits per heavy atom.